The van der Waals surface area contributed by atoms with E-state index in [1.54, 1.807) is 27.7 Å². The summed E-state index contributed by atoms with van der Waals surface area (Å²) >= 11 is 0. The summed E-state index contributed by atoms with van der Waals surface area (Å²) in [6.45, 7) is 7.09. The van der Waals surface area contributed by atoms with E-state index in [1.807, 2.05) is 0 Å². The Bertz CT molecular complexity index is 374. The van der Waals surface area contributed by atoms with Crippen molar-refractivity contribution in [3.63, 3.8) is 0 Å². The Hall–Kier alpha value is -1.79. The molecule has 21 heavy (non-hydrogen) atoms. The van der Waals surface area contributed by atoms with Gasteiger partial charge in [-0.05, 0) is 20.8 Å². The minimum atomic E-state index is -0.658. The Kier molecular flexibility index (Phi) is 7.76. The predicted octanol–water partition coefficient (Wildman–Crippen LogP) is 1.60. The van der Waals surface area contributed by atoms with Crippen LogP contribution in [-0.2, 0) is 23.8 Å². The third-order valence-electron chi connectivity index (χ3n) is 2.56. The molecular weight excluding hydrogens is 278 g/mol. The molecule has 7 heteroatoms. The van der Waals surface area contributed by atoms with Crippen molar-refractivity contribution in [2.24, 2.45) is 5.92 Å². The van der Waals surface area contributed by atoms with Gasteiger partial charge in [-0.15, -0.1) is 0 Å². The van der Waals surface area contributed by atoms with Crippen LogP contribution in [0.4, 0.5) is 4.79 Å². The summed E-state index contributed by atoms with van der Waals surface area (Å²) in [4.78, 5) is 36.1. The first-order chi connectivity index (χ1) is 9.60. The van der Waals surface area contributed by atoms with Crippen LogP contribution in [0.1, 0.15) is 34.1 Å². The molecule has 0 aliphatic carbocycles. The van der Waals surface area contributed by atoms with Gasteiger partial charge in [-0.1, -0.05) is 6.92 Å². The van der Waals surface area contributed by atoms with Crippen molar-refractivity contribution in [3.8, 4) is 0 Å². The summed E-state index contributed by atoms with van der Waals surface area (Å²) < 4.78 is 14.4. The highest BCUT2D eigenvalue weighted by molar-refractivity contribution is 5.75. The van der Waals surface area contributed by atoms with Crippen LogP contribution in [-0.4, -0.2) is 55.8 Å². The monoisotopic (exact) mass is 303 g/mol. The third kappa shape index (κ3) is 8.16. The van der Waals surface area contributed by atoms with Gasteiger partial charge in [0.2, 0.25) is 0 Å². The first kappa shape index (κ1) is 19.2. The average Bonchev–Trinajstić information content (AvgIpc) is 2.39. The summed E-state index contributed by atoms with van der Waals surface area (Å²) in [5.41, 5.74) is -0.658. The van der Waals surface area contributed by atoms with Crippen LogP contribution < -0.4 is 0 Å². The quantitative estimate of drug-likeness (QED) is 0.547. The van der Waals surface area contributed by atoms with Gasteiger partial charge in [0.05, 0.1) is 26.6 Å². The van der Waals surface area contributed by atoms with Gasteiger partial charge < -0.3 is 19.1 Å². The first-order valence-electron chi connectivity index (χ1n) is 6.73. The highest BCUT2D eigenvalue weighted by Gasteiger charge is 2.26. The Morgan fingerprint density at radius 1 is 1.10 bits per heavy atom. The zero-order valence-corrected chi connectivity index (χ0v) is 13.6. The molecule has 0 saturated carbocycles. The maximum atomic E-state index is 12.1. The van der Waals surface area contributed by atoms with E-state index >= 15 is 0 Å². The summed E-state index contributed by atoms with van der Waals surface area (Å²) in [6, 6.07) is 0. The van der Waals surface area contributed by atoms with Crippen molar-refractivity contribution in [1.29, 1.82) is 0 Å². The average molecular weight is 303 g/mol. The van der Waals surface area contributed by atoms with Gasteiger partial charge in [-0.3, -0.25) is 9.59 Å². The molecular formula is C14H25NO6. The molecule has 0 aliphatic heterocycles. The molecule has 0 bridgehead atoms. The number of hydrogen-bond acceptors (Lipinski definition) is 6. The van der Waals surface area contributed by atoms with Crippen molar-refractivity contribution in [2.45, 2.75) is 39.7 Å². The summed E-state index contributed by atoms with van der Waals surface area (Å²) in [5.74, 6) is -1.38. The normalized spacial score (nSPS) is 12.3. The second kappa shape index (κ2) is 8.49. The molecule has 0 aliphatic rings. The largest absolute Gasteiger partial charge is 0.469 e. The van der Waals surface area contributed by atoms with E-state index in [-0.39, 0.29) is 19.5 Å². The Morgan fingerprint density at radius 3 is 2.10 bits per heavy atom. The number of carbonyl (C=O) groups is 3. The van der Waals surface area contributed by atoms with Crippen LogP contribution in [0.15, 0.2) is 0 Å². The molecule has 1 atom stereocenters. The van der Waals surface area contributed by atoms with Crippen molar-refractivity contribution >= 4 is 18.0 Å². The lowest BCUT2D eigenvalue weighted by Crippen LogP contribution is -2.41. The van der Waals surface area contributed by atoms with Crippen molar-refractivity contribution in [3.05, 3.63) is 0 Å². The van der Waals surface area contributed by atoms with E-state index in [0.717, 1.165) is 0 Å². The fraction of sp³-hybridized carbons (Fsp3) is 0.786. The molecule has 0 radical (unpaired) electrons. The Morgan fingerprint density at radius 2 is 1.67 bits per heavy atom. The van der Waals surface area contributed by atoms with Crippen LogP contribution in [0.3, 0.4) is 0 Å². The minimum Gasteiger partial charge on any atom is -0.469 e. The highest BCUT2D eigenvalue weighted by atomic mass is 16.6. The maximum absolute atomic E-state index is 12.1. The van der Waals surface area contributed by atoms with Crippen LogP contribution in [0, 0.1) is 5.92 Å². The molecule has 0 N–H and O–H groups in total. The van der Waals surface area contributed by atoms with Crippen molar-refractivity contribution in [2.75, 3.05) is 27.3 Å². The molecule has 0 rings (SSSR count). The van der Waals surface area contributed by atoms with Gasteiger partial charge in [0.15, 0.2) is 0 Å². The number of nitrogens with zero attached hydrogens (tertiary/aromatic N) is 1. The molecule has 0 spiro atoms. The number of esters is 2. The van der Waals surface area contributed by atoms with Crippen LogP contribution in [0.25, 0.3) is 0 Å². The fourth-order valence-corrected chi connectivity index (χ4v) is 1.52. The number of methoxy groups -OCH3 is 2. The lowest BCUT2D eigenvalue weighted by Gasteiger charge is -2.28. The molecule has 7 nitrogen and oxygen atoms in total. The van der Waals surface area contributed by atoms with Gasteiger partial charge in [-0.2, -0.15) is 0 Å². The van der Waals surface area contributed by atoms with Crippen molar-refractivity contribution < 1.29 is 28.6 Å². The zero-order chi connectivity index (χ0) is 16.6. The SMILES string of the molecule is COC(=O)CCN(CC(C)C(=O)OC)C(=O)OC(C)(C)C. The molecule has 1 unspecified atom stereocenters. The predicted molar refractivity (Wildman–Crippen MR) is 75.6 cm³/mol. The molecule has 0 saturated heterocycles. The number of carbonyl (C=O) groups excluding carboxylic acids is 3. The van der Waals surface area contributed by atoms with E-state index in [2.05, 4.69) is 9.47 Å². The van der Waals surface area contributed by atoms with Gasteiger partial charge in [-0.25, -0.2) is 4.79 Å². The van der Waals surface area contributed by atoms with E-state index in [4.69, 9.17) is 4.74 Å². The van der Waals surface area contributed by atoms with Gasteiger partial charge in [0.1, 0.15) is 5.60 Å². The number of hydrogen-bond donors (Lipinski definition) is 0. The summed E-state index contributed by atoms with van der Waals surface area (Å²) in [7, 11) is 2.56. The lowest BCUT2D eigenvalue weighted by molar-refractivity contribution is -0.145. The molecule has 0 aromatic heterocycles. The smallest absolute Gasteiger partial charge is 0.410 e. The second-order valence-electron chi connectivity index (χ2n) is 5.68. The first-order valence-corrected chi connectivity index (χ1v) is 6.73. The van der Waals surface area contributed by atoms with Crippen LogP contribution in [0.2, 0.25) is 0 Å². The molecule has 0 aromatic rings. The minimum absolute atomic E-state index is 0.0314. The van der Waals surface area contributed by atoms with Crippen LogP contribution >= 0.6 is 0 Å². The van der Waals surface area contributed by atoms with E-state index in [1.165, 1.54) is 19.1 Å². The van der Waals surface area contributed by atoms with Crippen LogP contribution in [0.5, 0.6) is 0 Å². The molecule has 1 amide bonds. The van der Waals surface area contributed by atoms with E-state index in [9.17, 15) is 14.4 Å². The second-order valence-corrected chi connectivity index (χ2v) is 5.68. The van der Waals surface area contributed by atoms with E-state index < -0.39 is 29.6 Å². The number of rotatable bonds is 6. The van der Waals surface area contributed by atoms with Gasteiger partial charge >= 0.3 is 18.0 Å². The maximum Gasteiger partial charge on any atom is 0.410 e. The number of ether oxygens (including phenoxy) is 3. The molecule has 122 valence electrons. The Balaban J connectivity index is 4.79. The van der Waals surface area contributed by atoms with Crippen molar-refractivity contribution in [1.82, 2.24) is 4.90 Å². The molecule has 0 aromatic carbocycles. The standard InChI is InChI=1S/C14H25NO6/c1-10(12(17)20-6)9-15(8-7-11(16)19-5)13(18)21-14(2,3)4/h10H,7-9H2,1-6H3. The van der Waals surface area contributed by atoms with Gasteiger partial charge in [0, 0.05) is 13.1 Å². The number of amides is 1. The summed E-state index contributed by atoms with van der Waals surface area (Å²) in [6.07, 6.45) is -0.550. The summed E-state index contributed by atoms with van der Waals surface area (Å²) in [5, 5.41) is 0. The highest BCUT2D eigenvalue weighted by Crippen LogP contribution is 2.12. The van der Waals surface area contributed by atoms with Gasteiger partial charge in [0.25, 0.3) is 0 Å². The topological polar surface area (TPSA) is 82.1 Å². The zero-order valence-electron chi connectivity index (χ0n) is 13.6. The van der Waals surface area contributed by atoms with E-state index in [0.29, 0.717) is 0 Å². The fourth-order valence-electron chi connectivity index (χ4n) is 1.52. The Labute approximate surface area is 125 Å². The third-order valence-corrected chi connectivity index (χ3v) is 2.56. The lowest BCUT2D eigenvalue weighted by atomic mass is 10.1. The molecule has 0 fully saturated rings. The molecule has 0 heterocycles.